The first-order valence-electron chi connectivity index (χ1n) is 18.3. The van der Waals surface area contributed by atoms with Crippen LogP contribution in [0.2, 0.25) is 0 Å². The first-order chi connectivity index (χ1) is 26.3. The lowest BCUT2D eigenvalue weighted by Crippen LogP contribution is -2.86. The predicted octanol–water partition coefficient (Wildman–Crippen LogP) is 9.80. The van der Waals surface area contributed by atoms with Crippen LogP contribution in [0, 0.1) is 0 Å². The summed E-state index contributed by atoms with van der Waals surface area (Å²) in [6.07, 6.45) is 4.51. The van der Waals surface area contributed by atoms with E-state index in [4.69, 9.17) is 4.74 Å². The molecule has 4 aliphatic heterocycles. The Morgan fingerprint density at radius 2 is 1.21 bits per heavy atom. The van der Waals surface area contributed by atoms with Crippen LogP contribution in [0.25, 0.3) is 38.8 Å². The van der Waals surface area contributed by atoms with E-state index in [2.05, 4.69) is 189 Å². The lowest BCUT2D eigenvalue weighted by molar-refractivity contribution is -1.03. The van der Waals surface area contributed by atoms with Crippen molar-refractivity contribution in [3.8, 4) is 28.3 Å². The zero-order valence-electron chi connectivity index (χ0n) is 28.3. The quantitative estimate of drug-likeness (QED) is 0.128. The van der Waals surface area contributed by atoms with Crippen LogP contribution in [0.4, 0.5) is 28.6 Å². The maximum absolute atomic E-state index is 7.15. The summed E-state index contributed by atoms with van der Waals surface area (Å²) < 4.78 is 14.9. The van der Waals surface area contributed by atoms with Crippen molar-refractivity contribution in [2.75, 3.05) is 4.90 Å². The molecule has 53 heavy (non-hydrogen) atoms. The third-order valence-corrected chi connectivity index (χ3v) is 12.6. The zero-order valence-corrected chi connectivity index (χ0v) is 28.3. The molecule has 14 rings (SSSR count). The molecule has 2 spiro atoms. The standard InChI is InChI=1S/C47H28N5O/c1-2-13-29(14-3-1)50-38-22-11-23-39-44(38)52(48-27-9-8-24-41(48)50)45-40(53-39)26-25-37-43(45)51-42-32(33-18-12-28-49(52)46(33)51)17-10-21-36(42)47(37)34-19-6-4-15-30(34)31-16-5-7-20-35(31)47/h1-28H/q+3. The number of nitrogens with zero attached hydrogens (tertiary/aromatic N) is 5. The van der Waals surface area contributed by atoms with Gasteiger partial charge in [-0.25, -0.2) is 0 Å². The maximum Gasteiger partial charge on any atom is 0.350 e. The van der Waals surface area contributed by atoms with Crippen LogP contribution in [-0.2, 0) is 5.41 Å². The molecule has 1 atom stereocenters. The summed E-state index contributed by atoms with van der Waals surface area (Å²) in [6, 6.07) is 57.9. The van der Waals surface area contributed by atoms with Crippen LogP contribution in [0.1, 0.15) is 22.3 Å². The second-order valence-electron chi connectivity index (χ2n) is 14.7. The summed E-state index contributed by atoms with van der Waals surface area (Å²) in [5.41, 5.74) is 15.2. The van der Waals surface area contributed by atoms with Gasteiger partial charge in [0.25, 0.3) is 0 Å². The molecular formula is C47H28N5O+3. The minimum atomic E-state index is -0.538. The third-order valence-electron chi connectivity index (χ3n) is 12.6. The highest BCUT2D eigenvalue weighted by atomic mass is 16.5. The van der Waals surface area contributed by atoms with E-state index < -0.39 is 5.41 Å². The van der Waals surface area contributed by atoms with Gasteiger partial charge in [0.2, 0.25) is 22.9 Å². The number of anilines is 3. The fourth-order valence-electron chi connectivity index (χ4n) is 10.9. The van der Waals surface area contributed by atoms with Crippen LogP contribution in [0.5, 0.6) is 11.5 Å². The van der Waals surface area contributed by atoms with Gasteiger partial charge >= 0.3 is 22.8 Å². The summed E-state index contributed by atoms with van der Waals surface area (Å²) in [6.45, 7) is 0. The largest absolute Gasteiger partial charge is 0.444 e. The Labute approximate surface area is 304 Å². The van der Waals surface area contributed by atoms with Crippen LogP contribution >= 0.6 is 0 Å². The first-order valence-corrected chi connectivity index (χ1v) is 18.3. The Hall–Kier alpha value is -7.02. The molecule has 3 aromatic heterocycles. The molecule has 1 unspecified atom stereocenters. The van der Waals surface area contributed by atoms with E-state index in [-0.39, 0.29) is 4.70 Å². The number of rotatable bonds is 1. The number of ether oxygens (including phenoxy) is 1. The molecule has 0 amide bonds. The highest BCUT2D eigenvalue weighted by Gasteiger charge is 2.69. The van der Waals surface area contributed by atoms with E-state index in [0.29, 0.717) is 0 Å². The molecule has 0 radical (unpaired) electrons. The molecule has 0 fully saturated rings. The van der Waals surface area contributed by atoms with E-state index in [0.717, 1.165) is 45.7 Å². The molecule has 6 aromatic carbocycles. The summed E-state index contributed by atoms with van der Waals surface area (Å²) in [5, 5.41) is 2.48. The lowest BCUT2D eigenvalue weighted by atomic mass is 9.65. The monoisotopic (exact) mass is 678 g/mol. The van der Waals surface area contributed by atoms with E-state index in [1.54, 1.807) is 0 Å². The van der Waals surface area contributed by atoms with Crippen molar-refractivity contribution in [2.45, 2.75) is 5.41 Å². The summed E-state index contributed by atoms with van der Waals surface area (Å²) >= 11 is 0. The SMILES string of the molecule is c1ccc(N2c3cccc4c3[N+]3(c5c(ccc6c5-n5c7c(cccc7c7ccc[n+]3c75)C63c5ccccc5-c5ccccc53)O4)[n+]3ccccc32)cc1. The Bertz CT molecular complexity index is 3140. The van der Waals surface area contributed by atoms with Crippen molar-refractivity contribution in [3.63, 3.8) is 0 Å². The molecule has 0 saturated heterocycles. The summed E-state index contributed by atoms with van der Waals surface area (Å²) in [4.78, 5) is 2.37. The van der Waals surface area contributed by atoms with Gasteiger partial charge in [-0.1, -0.05) is 91.0 Å². The number of aromatic nitrogens is 3. The fourth-order valence-corrected chi connectivity index (χ4v) is 10.9. The zero-order chi connectivity index (χ0) is 34.2. The summed E-state index contributed by atoms with van der Waals surface area (Å²) in [7, 11) is 0. The van der Waals surface area contributed by atoms with Gasteiger partial charge < -0.3 is 4.74 Å². The van der Waals surface area contributed by atoms with Crippen molar-refractivity contribution in [3.05, 3.63) is 192 Å². The van der Waals surface area contributed by atoms with Gasteiger partial charge in [0, 0.05) is 22.6 Å². The number of benzene rings is 6. The van der Waals surface area contributed by atoms with Gasteiger partial charge in [0.1, 0.15) is 11.2 Å². The third kappa shape index (κ3) is 2.65. The number of hydrogen-bond acceptors (Lipinski definition) is 2. The smallest absolute Gasteiger partial charge is 0.350 e. The molecule has 6 nitrogen and oxygen atoms in total. The van der Waals surface area contributed by atoms with Crippen molar-refractivity contribution in [1.29, 1.82) is 0 Å². The number of hydrogen-bond donors (Lipinski definition) is 0. The topological polar surface area (TPSA) is 25.2 Å². The van der Waals surface area contributed by atoms with Crippen molar-refractivity contribution >= 4 is 50.5 Å². The molecule has 6 heteroatoms. The number of para-hydroxylation sites is 3. The van der Waals surface area contributed by atoms with Gasteiger partial charge in [0.15, 0.2) is 12.4 Å². The summed E-state index contributed by atoms with van der Waals surface area (Å²) in [5.74, 6) is 2.76. The van der Waals surface area contributed by atoms with Gasteiger partial charge in [0.05, 0.1) is 15.5 Å². The van der Waals surface area contributed by atoms with E-state index in [1.807, 2.05) is 0 Å². The van der Waals surface area contributed by atoms with Crippen LogP contribution in [0.15, 0.2) is 170 Å². The molecule has 244 valence electrons. The highest BCUT2D eigenvalue weighted by molar-refractivity contribution is 6.12. The molecule has 1 aliphatic carbocycles. The average Bonchev–Trinajstić information content (AvgIpc) is 3.72. The maximum atomic E-state index is 7.15. The Morgan fingerprint density at radius 1 is 0.509 bits per heavy atom. The normalized spacial score (nSPS) is 17.8. The Morgan fingerprint density at radius 3 is 2.06 bits per heavy atom. The molecule has 0 N–H and O–H groups in total. The van der Waals surface area contributed by atoms with Gasteiger partial charge in [-0.3, -0.25) is 0 Å². The van der Waals surface area contributed by atoms with Crippen molar-refractivity contribution < 1.29 is 14.1 Å². The van der Waals surface area contributed by atoms with E-state index >= 15 is 0 Å². The number of pyridine rings is 2. The minimum Gasteiger partial charge on any atom is -0.444 e. The molecule has 5 aliphatic rings. The molecular weight excluding hydrogens is 651 g/mol. The molecule has 7 heterocycles. The number of fused-ring (bicyclic) bond motifs is 9. The van der Waals surface area contributed by atoms with Crippen LogP contribution < -0.4 is 23.7 Å². The van der Waals surface area contributed by atoms with Crippen LogP contribution in [0.3, 0.4) is 0 Å². The Balaban J connectivity index is 1.26. The number of quaternary nitrogens is 1. The molecule has 0 saturated carbocycles. The Kier molecular flexibility index (Phi) is 4.39. The molecule has 9 aromatic rings. The first kappa shape index (κ1) is 26.7. The van der Waals surface area contributed by atoms with Gasteiger partial charge in [-0.15, -0.1) is 0 Å². The molecule has 0 bridgehead atoms. The van der Waals surface area contributed by atoms with E-state index in [1.165, 1.54) is 55.4 Å². The van der Waals surface area contributed by atoms with Crippen molar-refractivity contribution in [2.24, 2.45) is 0 Å². The fraction of sp³-hybridized carbons (Fsp3) is 0.0213. The van der Waals surface area contributed by atoms with Gasteiger partial charge in [-0.05, 0) is 92.3 Å². The van der Waals surface area contributed by atoms with Crippen LogP contribution in [-0.4, -0.2) is 4.57 Å². The lowest BCUT2D eigenvalue weighted by Gasteiger charge is -2.43. The second-order valence-corrected chi connectivity index (χ2v) is 14.7. The second kappa shape index (κ2) is 8.70. The predicted molar refractivity (Wildman–Crippen MR) is 205 cm³/mol. The average molecular weight is 679 g/mol. The highest BCUT2D eigenvalue weighted by Crippen LogP contribution is 2.67. The van der Waals surface area contributed by atoms with Crippen molar-refractivity contribution in [1.82, 2.24) is 9.27 Å². The van der Waals surface area contributed by atoms with E-state index in [9.17, 15) is 0 Å². The minimum absolute atomic E-state index is 0.284. The van der Waals surface area contributed by atoms with Gasteiger partial charge in [-0.2, -0.15) is 9.47 Å².